The van der Waals surface area contributed by atoms with Gasteiger partial charge < -0.3 is 4.57 Å². The van der Waals surface area contributed by atoms with Crippen LogP contribution in [0.25, 0.3) is 38.8 Å². The van der Waals surface area contributed by atoms with E-state index in [1.54, 1.807) is 0 Å². The fourth-order valence-corrected chi connectivity index (χ4v) is 5.10. The third kappa shape index (κ3) is 2.99. The van der Waals surface area contributed by atoms with E-state index in [2.05, 4.69) is 115 Å². The molecule has 5 rings (SSSR count). The summed E-state index contributed by atoms with van der Waals surface area (Å²) in [5.74, 6) is 0. The Bertz CT molecular complexity index is 1310. The average Bonchev–Trinajstić information content (AvgIpc) is 3.08. The molecule has 0 amide bonds. The molecule has 0 aliphatic heterocycles. The van der Waals surface area contributed by atoms with E-state index in [0.717, 1.165) is 5.69 Å². The number of benzene rings is 3. The topological polar surface area (TPSA) is 17.8 Å². The summed E-state index contributed by atoms with van der Waals surface area (Å²) in [7, 11) is -1.37. The Balaban J connectivity index is 1.84. The zero-order valence-electron chi connectivity index (χ0n) is 17.1. The van der Waals surface area contributed by atoms with Crippen LogP contribution in [0.4, 0.5) is 0 Å². The van der Waals surface area contributed by atoms with Gasteiger partial charge in [0.25, 0.3) is 0 Å². The van der Waals surface area contributed by atoms with Gasteiger partial charge in [0.05, 0.1) is 24.8 Å². The number of pyridine rings is 1. The Kier molecular flexibility index (Phi) is 4.14. The lowest BCUT2D eigenvalue weighted by Gasteiger charge is -2.16. The van der Waals surface area contributed by atoms with Crippen LogP contribution in [0.5, 0.6) is 0 Å². The Hall–Kier alpha value is -3.17. The zero-order valence-corrected chi connectivity index (χ0v) is 18.1. The normalized spacial score (nSPS) is 12.0. The van der Waals surface area contributed by atoms with E-state index in [-0.39, 0.29) is 0 Å². The van der Waals surface area contributed by atoms with Gasteiger partial charge in [-0.3, -0.25) is 4.98 Å². The predicted molar refractivity (Wildman–Crippen MR) is 127 cm³/mol. The lowest BCUT2D eigenvalue weighted by Crippen LogP contribution is -2.37. The van der Waals surface area contributed by atoms with Gasteiger partial charge in [-0.15, -0.1) is 0 Å². The maximum absolute atomic E-state index is 4.89. The third-order valence-corrected chi connectivity index (χ3v) is 7.64. The molecule has 3 heteroatoms. The van der Waals surface area contributed by atoms with Crippen molar-refractivity contribution in [2.75, 3.05) is 0 Å². The largest absolute Gasteiger partial charge is 0.309 e. The highest BCUT2D eigenvalue weighted by molar-refractivity contribution is 6.88. The highest BCUT2D eigenvalue weighted by Gasteiger charge is 2.19. The maximum atomic E-state index is 4.89. The Labute approximate surface area is 172 Å². The molecule has 0 saturated heterocycles. The molecule has 0 saturated carbocycles. The van der Waals surface area contributed by atoms with Crippen LogP contribution in [0, 0.1) is 0 Å². The monoisotopic (exact) mass is 392 g/mol. The van der Waals surface area contributed by atoms with Gasteiger partial charge >= 0.3 is 0 Å². The molecule has 29 heavy (non-hydrogen) atoms. The van der Waals surface area contributed by atoms with Gasteiger partial charge in [0, 0.05) is 28.2 Å². The van der Waals surface area contributed by atoms with E-state index >= 15 is 0 Å². The maximum Gasteiger partial charge on any atom is 0.0796 e. The van der Waals surface area contributed by atoms with Gasteiger partial charge in [-0.2, -0.15) is 0 Å². The number of para-hydroxylation sites is 3. The second-order valence-corrected chi connectivity index (χ2v) is 13.6. The van der Waals surface area contributed by atoms with E-state index in [9.17, 15) is 0 Å². The van der Waals surface area contributed by atoms with Crippen molar-refractivity contribution in [1.82, 2.24) is 9.55 Å². The summed E-state index contributed by atoms with van der Waals surface area (Å²) < 4.78 is 2.37. The number of aromatic nitrogens is 2. The number of nitrogens with zero attached hydrogens (tertiary/aromatic N) is 2. The van der Waals surface area contributed by atoms with Crippen LogP contribution in [-0.2, 0) is 0 Å². The summed E-state index contributed by atoms with van der Waals surface area (Å²) >= 11 is 0. The molecule has 3 aromatic carbocycles. The van der Waals surface area contributed by atoms with Crippen molar-refractivity contribution in [3.63, 3.8) is 0 Å². The molecular formula is C26H24N2Si. The molecular weight excluding hydrogens is 368 g/mol. The van der Waals surface area contributed by atoms with Crippen LogP contribution < -0.4 is 5.19 Å². The highest BCUT2D eigenvalue weighted by Crippen LogP contribution is 2.37. The van der Waals surface area contributed by atoms with Gasteiger partial charge in [0.1, 0.15) is 0 Å². The van der Waals surface area contributed by atoms with Crippen molar-refractivity contribution in [3.05, 3.63) is 91.1 Å². The molecule has 5 aromatic rings. The van der Waals surface area contributed by atoms with E-state index in [1.807, 2.05) is 0 Å². The smallest absolute Gasteiger partial charge is 0.0796 e. The first kappa shape index (κ1) is 17.9. The molecule has 2 heterocycles. The Morgan fingerprint density at radius 1 is 0.690 bits per heavy atom. The molecule has 0 atom stereocenters. The average molecular weight is 393 g/mol. The molecule has 0 unspecified atom stereocenters. The van der Waals surface area contributed by atoms with Crippen molar-refractivity contribution in [3.8, 4) is 16.9 Å². The van der Waals surface area contributed by atoms with E-state index in [4.69, 9.17) is 4.98 Å². The molecule has 0 radical (unpaired) electrons. The molecule has 2 aromatic heterocycles. The van der Waals surface area contributed by atoms with Crippen molar-refractivity contribution < 1.29 is 0 Å². The van der Waals surface area contributed by atoms with E-state index < -0.39 is 8.07 Å². The van der Waals surface area contributed by atoms with Gasteiger partial charge in [-0.25, -0.2) is 0 Å². The van der Waals surface area contributed by atoms with Gasteiger partial charge in [-0.1, -0.05) is 80.3 Å². The van der Waals surface area contributed by atoms with Crippen molar-refractivity contribution in [2.24, 2.45) is 0 Å². The highest BCUT2D eigenvalue weighted by atomic mass is 28.3. The molecule has 0 bridgehead atoms. The summed E-state index contributed by atoms with van der Waals surface area (Å²) in [5.41, 5.74) is 5.81. The van der Waals surface area contributed by atoms with Crippen LogP contribution in [0.3, 0.4) is 0 Å². The molecule has 0 aliphatic carbocycles. The van der Waals surface area contributed by atoms with Crippen LogP contribution in [-0.4, -0.2) is 17.6 Å². The summed E-state index contributed by atoms with van der Waals surface area (Å²) in [6.45, 7) is 7.08. The molecule has 0 N–H and O–H groups in total. The minimum atomic E-state index is -1.37. The summed E-state index contributed by atoms with van der Waals surface area (Å²) in [5, 5.41) is 3.92. The lowest BCUT2D eigenvalue weighted by atomic mass is 10.1. The Morgan fingerprint density at radius 3 is 2.14 bits per heavy atom. The summed E-state index contributed by atoms with van der Waals surface area (Å²) in [6.07, 6.45) is 2.08. The molecule has 0 fully saturated rings. The van der Waals surface area contributed by atoms with Crippen molar-refractivity contribution >= 4 is 35.1 Å². The van der Waals surface area contributed by atoms with Crippen LogP contribution in [0.15, 0.2) is 91.1 Å². The number of hydrogen-bond donors (Lipinski definition) is 0. The molecule has 2 nitrogen and oxygen atoms in total. The predicted octanol–water partition coefficient (Wildman–Crippen LogP) is 6.39. The van der Waals surface area contributed by atoms with Crippen molar-refractivity contribution in [1.29, 1.82) is 0 Å². The first-order chi connectivity index (χ1) is 14.0. The zero-order chi connectivity index (χ0) is 20.0. The second kappa shape index (κ2) is 6.71. The van der Waals surface area contributed by atoms with Gasteiger partial charge in [-0.05, 0) is 29.5 Å². The molecule has 0 spiro atoms. The van der Waals surface area contributed by atoms with Crippen molar-refractivity contribution in [2.45, 2.75) is 19.6 Å². The Morgan fingerprint density at radius 2 is 1.41 bits per heavy atom. The SMILES string of the molecule is C[Si](C)(C)c1ccc(-c2cccc3c4ccccc4n(-c4ccccc4)c23)nc1. The van der Waals surface area contributed by atoms with Crippen LogP contribution in [0.2, 0.25) is 19.6 Å². The van der Waals surface area contributed by atoms with E-state index in [1.165, 1.54) is 38.2 Å². The van der Waals surface area contributed by atoms with E-state index in [0.29, 0.717) is 0 Å². The third-order valence-electron chi connectivity index (χ3n) is 5.61. The fraction of sp³-hybridized carbons (Fsp3) is 0.115. The quantitative estimate of drug-likeness (QED) is 0.325. The first-order valence-electron chi connectivity index (χ1n) is 10.1. The summed E-state index contributed by atoms with van der Waals surface area (Å²) in [4.78, 5) is 4.89. The fourth-order valence-electron chi connectivity index (χ4n) is 4.07. The number of rotatable bonds is 3. The van der Waals surface area contributed by atoms with Gasteiger partial charge in [0.2, 0.25) is 0 Å². The van der Waals surface area contributed by atoms with Gasteiger partial charge in [0.15, 0.2) is 0 Å². The molecule has 142 valence electrons. The minimum absolute atomic E-state index is 1.03. The lowest BCUT2D eigenvalue weighted by molar-refractivity contribution is 1.18. The number of hydrogen-bond acceptors (Lipinski definition) is 1. The summed E-state index contributed by atoms with van der Waals surface area (Å²) in [6, 6.07) is 30.3. The molecule has 0 aliphatic rings. The first-order valence-corrected chi connectivity index (χ1v) is 13.6. The number of fused-ring (bicyclic) bond motifs is 3. The standard InChI is InChI=1S/C26H24N2Si/c1-29(2,3)20-16-17-24(27-18-20)23-14-9-13-22-21-12-7-8-15-25(21)28(26(22)23)19-10-5-4-6-11-19/h4-18H,1-3H3. The van der Waals surface area contributed by atoms with Crippen LogP contribution in [0.1, 0.15) is 0 Å². The minimum Gasteiger partial charge on any atom is -0.309 e. The van der Waals surface area contributed by atoms with Crippen LogP contribution >= 0.6 is 0 Å². The second-order valence-electron chi connectivity index (χ2n) is 8.57.